The molecule has 1 aliphatic carbocycles. The minimum absolute atomic E-state index is 0.00666. The third-order valence-electron chi connectivity index (χ3n) is 5.82. The van der Waals surface area contributed by atoms with E-state index in [0.717, 1.165) is 30.0 Å². The van der Waals surface area contributed by atoms with E-state index < -0.39 is 31.5 Å². The van der Waals surface area contributed by atoms with Crippen LogP contribution in [0, 0.1) is 5.41 Å². The van der Waals surface area contributed by atoms with Gasteiger partial charge in [0, 0.05) is 20.1 Å². The molecule has 1 saturated carbocycles. The number of nitrogens with zero attached hydrogens (tertiary/aromatic N) is 1. The van der Waals surface area contributed by atoms with E-state index >= 15 is 0 Å². The quantitative estimate of drug-likeness (QED) is 0.452. The van der Waals surface area contributed by atoms with Gasteiger partial charge in [0.1, 0.15) is 16.3 Å². The van der Waals surface area contributed by atoms with Crippen LogP contribution in [0.1, 0.15) is 39.5 Å². The van der Waals surface area contributed by atoms with E-state index in [1.54, 1.807) is 0 Å². The lowest BCUT2D eigenvalue weighted by molar-refractivity contribution is 0.217. The van der Waals surface area contributed by atoms with Crippen LogP contribution in [-0.2, 0) is 10.0 Å². The fourth-order valence-electron chi connectivity index (χ4n) is 3.79. The Morgan fingerprint density at radius 1 is 1.13 bits per heavy atom. The van der Waals surface area contributed by atoms with Gasteiger partial charge in [-0.2, -0.15) is 0 Å². The first-order chi connectivity index (χ1) is 13.9. The van der Waals surface area contributed by atoms with E-state index in [1.807, 2.05) is 0 Å². The van der Waals surface area contributed by atoms with Crippen molar-refractivity contribution in [3.63, 3.8) is 0 Å². The topological polar surface area (TPSA) is 116 Å². The summed E-state index contributed by atoms with van der Waals surface area (Å²) >= 11 is 6.02. The summed E-state index contributed by atoms with van der Waals surface area (Å²) in [7, 11) is -1.40. The summed E-state index contributed by atoms with van der Waals surface area (Å²) in [6, 6.07) is 2.69. The normalized spacial score (nSPS) is 19.2. The number of hydrogen-bond acceptors (Lipinski definition) is 7. The van der Waals surface area contributed by atoms with Crippen molar-refractivity contribution in [2.45, 2.75) is 50.5 Å². The minimum atomic E-state index is -4.03. The van der Waals surface area contributed by atoms with Crippen LogP contribution in [0.25, 0.3) is 0 Å². The first-order valence-corrected chi connectivity index (χ1v) is 11.5. The molecule has 0 bridgehead atoms. The highest BCUT2D eigenvalue weighted by atomic mass is 35.5. The van der Waals surface area contributed by atoms with E-state index in [2.05, 4.69) is 24.5 Å². The predicted octanol–water partition coefficient (Wildman–Crippen LogP) is 3.02. The maximum atomic E-state index is 12.5. The molecule has 0 spiro atoms. The van der Waals surface area contributed by atoms with Crippen molar-refractivity contribution in [3.05, 3.63) is 37.6 Å². The summed E-state index contributed by atoms with van der Waals surface area (Å²) in [4.78, 5) is 23.9. The highest BCUT2D eigenvalue weighted by Crippen LogP contribution is 2.41. The molecule has 10 heteroatoms. The number of sulfonamides is 1. The molecule has 30 heavy (non-hydrogen) atoms. The fraction of sp³-hybridized carbons (Fsp3) is 0.500. The van der Waals surface area contributed by atoms with Crippen LogP contribution < -0.4 is 21.5 Å². The molecule has 0 aliphatic heterocycles. The van der Waals surface area contributed by atoms with Crippen LogP contribution >= 0.6 is 11.6 Å². The number of phenolic OH excluding ortho intramolecular Hbond substituents is 1. The van der Waals surface area contributed by atoms with Crippen molar-refractivity contribution in [3.8, 4) is 5.75 Å². The van der Waals surface area contributed by atoms with Gasteiger partial charge in [-0.1, -0.05) is 38.3 Å². The summed E-state index contributed by atoms with van der Waals surface area (Å²) in [6.45, 7) is 4.23. The van der Waals surface area contributed by atoms with Crippen molar-refractivity contribution < 1.29 is 13.5 Å². The molecule has 3 rings (SSSR count). The van der Waals surface area contributed by atoms with E-state index in [4.69, 9.17) is 11.6 Å². The number of phenols is 1. The standard InChI is InChI=1S/C20H26ClN3O5S/c1-20(2)10-6-5-7-13(20)23-15-14(17(26)18(15)27)22-12-9-8-11(21)19(16(12)25)30(28,29)24(3)4/h8-9,13,22-23,25H,5-7,10H2,1-4H3. The molecular weight excluding hydrogens is 430 g/mol. The highest BCUT2D eigenvalue weighted by molar-refractivity contribution is 7.89. The summed E-state index contributed by atoms with van der Waals surface area (Å²) < 4.78 is 26.0. The molecule has 3 N–H and O–H groups in total. The molecule has 0 aromatic heterocycles. The molecule has 0 saturated heterocycles. The Morgan fingerprint density at radius 2 is 1.77 bits per heavy atom. The van der Waals surface area contributed by atoms with Crippen LogP contribution in [-0.4, -0.2) is 38.0 Å². The number of nitrogens with one attached hydrogen (secondary N) is 2. The SMILES string of the molecule is CN(C)S(=O)(=O)c1c(Cl)ccc(Nc2c(NC3CCCCC3(C)C)c(=O)c2=O)c1O. The van der Waals surface area contributed by atoms with Gasteiger partial charge in [-0.05, 0) is 30.4 Å². The number of anilines is 3. The van der Waals surface area contributed by atoms with Gasteiger partial charge in [-0.3, -0.25) is 9.59 Å². The van der Waals surface area contributed by atoms with Gasteiger partial charge < -0.3 is 15.7 Å². The Hall–Kier alpha value is -2.10. The molecule has 1 fully saturated rings. The Kier molecular flexibility index (Phi) is 5.92. The van der Waals surface area contributed by atoms with Crippen molar-refractivity contribution in [1.29, 1.82) is 0 Å². The van der Waals surface area contributed by atoms with Crippen LogP contribution in [0.3, 0.4) is 0 Å². The van der Waals surface area contributed by atoms with Crippen molar-refractivity contribution in [1.82, 2.24) is 4.31 Å². The molecular formula is C20H26ClN3O5S. The van der Waals surface area contributed by atoms with Crippen molar-refractivity contribution in [2.24, 2.45) is 5.41 Å². The van der Waals surface area contributed by atoms with E-state index in [1.165, 1.54) is 26.2 Å². The lowest BCUT2D eigenvalue weighted by Crippen LogP contribution is -2.44. The van der Waals surface area contributed by atoms with Crippen LogP contribution in [0.15, 0.2) is 26.6 Å². The second kappa shape index (κ2) is 7.86. The summed E-state index contributed by atoms with van der Waals surface area (Å²) in [5.41, 5.74) is -1.26. The third-order valence-corrected chi connectivity index (χ3v) is 8.14. The van der Waals surface area contributed by atoms with Crippen LogP contribution in [0.2, 0.25) is 5.02 Å². The second-order valence-electron chi connectivity index (χ2n) is 8.52. The van der Waals surface area contributed by atoms with Gasteiger partial charge in [0.2, 0.25) is 10.0 Å². The Morgan fingerprint density at radius 3 is 2.37 bits per heavy atom. The molecule has 164 valence electrons. The summed E-state index contributed by atoms with van der Waals surface area (Å²) in [5.74, 6) is -0.617. The minimum Gasteiger partial charge on any atom is -0.504 e. The first kappa shape index (κ1) is 22.6. The smallest absolute Gasteiger partial charge is 0.253 e. The monoisotopic (exact) mass is 455 g/mol. The second-order valence-corrected chi connectivity index (χ2v) is 11.0. The molecule has 1 unspecified atom stereocenters. The number of halogens is 1. The molecule has 0 radical (unpaired) electrons. The van der Waals surface area contributed by atoms with Crippen LogP contribution in [0.5, 0.6) is 5.75 Å². The third kappa shape index (κ3) is 3.81. The molecule has 0 heterocycles. The zero-order chi connectivity index (χ0) is 22.4. The average Bonchev–Trinajstić information content (AvgIpc) is 2.66. The number of aromatic hydroxyl groups is 1. The van der Waals surface area contributed by atoms with Gasteiger partial charge in [-0.15, -0.1) is 0 Å². The van der Waals surface area contributed by atoms with Gasteiger partial charge in [-0.25, -0.2) is 12.7 Å². The molecule has 1 aliphatic rings. The lowest BCUT2D eigenvalue weighted by atomic mass is 9.73. The number of rotatable bonds is 6. The van der Waals surface area contributed by atoms with Crippen molar-refractivity contribution >= 4 is 38.7 Å². The molecule has 2 aromatic carbocycles. The van der Waals surface area contributed by atoms with Gasteiger partial charge in [0.25, 0.3) is 10.9 Å². The van der Waals surface area contributed by atoms with Gasteiger partial charge >= 0.3 is 0 Å². The van der Waals surface area contributed by atoms with E-state index in [-0.39, 0.29) is 33.5 Å². The average molecular weight is 456 g/mol. The maximum absolute atomic E-state index is 12.5. The zero-order valence-electron chi connectivity index (χ0n) is 17.4. The van der Waals surface area contributed by atoms with Gasteiger partial charge in [0.05, 0.1) is 10.7 Å². The largest absolute Gasteiger partial charge is 0.504 e. The Bertz CT molecular complexity index is 1150. The molecule has 1 atom stereocenters. The Labute approximate surface area is 180 Å². The predicted molar refractivity (Wildman–Crippen MR) is 118 cm³/mol. The summed E-state index contributed by atoms with van der Waals surface area (Å²) in [5, 5.41) is 16.4. The lowest BCUT2D eigenvalue weighted by Gasteiger charge is -2.40. The maximum Gasteiger partial charge on any atom is 0.253 e. The molecule has 2 aromatic rings. The summed E-state index contributed by atoms with van der Waals surface area (Å²) in [6.07, 6.45) is 4.03. The Balaban J connectivity index is 1.97. The number of hydrogen-bond donors (Lipinski definition) is 3. The first-order valence-electron chi connectivity index (χ1n) is 9.69. The van der Waals surface area contributed by atoms with Crippen LogP contribution in [0.4, 0.5) is 17.1 Å². The highest BCUT2D eigenvalue weighted by Gasteiger charge is 2.35. The van der Waals surface area contributed by atoms with E-state index in [0.29, 0.717) is 0 Å². The van der Waals surface area contributed by atoms with Gasteiger partial charge in [0.15, 0.2) is 5.75 Å². The zero-order valence-corrected chi connectivity index (χ0v) is 18.9. The van der Waals surface area contributed by atoms with Crippen molar-refractivity contribution in [2.75, 3.05) is 24.7 Å². The molecule has 0 amide bonds. The fourth-order valence-corrected chi connectivity index (χ4v) is 5.27. The van der Waals surface area contributed by atoms with E-state index in [9.17, 15) is 23.1 Å². The number of benzene rings is 1. The molecule has 8 nitrogen and oxygen atoms in total.